The third-order valence-corrected chi connectivity index (χ3v) is 9.28. The van der Waals surface area contributed by atoms with Gasteiger partial charge in [-0.25, -0.2) is 0 Å². The lowest BCUT2D eigenvalue weighted by Gasteiger charge is -2.51. The summed E-state index contributed by atoms with van der Waals surface area (Å²) in [6.07, 6.45) is 0.828. The van der Waals surface area contributed by atoms with E-state index in [1.54, 1.807) is 9.80 Å². The molecule has 0 aliphatic carbocycles. The number of carbonyl (C=O) groups is 3. The zero-order chi connectivity index (χ0) is 31.4. The molecule has 0 unspecified atom stereocenters. The molecule has 2 amide bonds. The first-order valence-corrected chi connectivity index (χ1v) is 15.6. The number of rotatable bonds is 9. The van der Waals surface area contributed by atoms with Crippen LogP contribution >= 0.6 is 0 Å². The molecule has 45 heavy (non-hydrogen) atoms. The average Bonchev–Trinajstić information content (AvgIpc) is 3.07. The zero-order valence-corrected chi connectivity index (χ0v) is 25.9. The van der Waals surface area contributed by atoms with Gasteiger partial charge in [-0.05, 0) is 41.3 Å². The van der Waals surface area contributed by atoms with E-state index < -0.39 is 29.5 Å². The molecule has 0 spiro atoms. The molecule has 9 nitrogen and oxygen atoms in total. The monoisotopic (exact) mass is 612 g/mol. The fourth-order valence-electron chi connectivity index (χ4n) is 6.93. The molecule has 3 heterocycles. The molecule has 0 saturated carbocycles. The number of hydrogen-bond acceptors (Lipinski definition) is 7. The lowest BCUT2D eigenvalue weighted by molar-refractivity contribution is -0.178. The van der Waals surface area contributed by atoms with E-state index in [1.807, 2.05) is 85.8 Å². The second-order valence-corrected chi connectivity index (χ2v) is 12.0. The Morgan fingerprint density at radius 2 is 1.71 bits per heavy atom. The van der Waals surface area contributed by atoms with E-state index in [0.717, 1.165) is 21.9 Å². The number of benzene rings is 3. The number of fused-ring (bicyclic) bond motifs is 2. The minimum atomic E-state index is -1.28. The number of nitrogens with zero attached hydrogens (tertiary/aromatic N) is 2. The Morgan fingerprint density at radius 3 is 2.49 bits per heavy atom. The van der Waals surface area contributed by atoms with Crippen molar-refractivity contribution >= 4 is 28.6 Å². The zero-order valence-electron chi connectivity index (χ0n) is 25.9. The number of piperidine rings is 1. The number of amides is 2. The Balaban J connectivity index is 1.37. The molecule has 2 saturated heterocycles. The van der Waals surface area contributed by atoms with E-state index in [9.17, 15) is 14.4 Å². The van der Waals surface area contributed by atoms with Gasteiger partial charge in [0.2, 0.25) is 11.8 Å². The summed E-state index contributed by atoms with van der Waals surface area (Å²) in [4.78, 5) is 45.2. The fraction of sp³-hybridized carbons (Fsp3) is 0.417. The number of methoxy groups -OCH3 is 1. The van der Waals surface area contributed by atoms with Crippen molar-refractivity contribution in [2.75, 3.05) is 40.0 Å². The predicted octanol–water partition coefficient (Wildman–Crippen LogP) is 4.48. The minimum absolute atomic E-state index is 0.00672. The second-order valence-electron chi connectivity index (χ2n) is 12.0. The fourth-order valence-corrected chi connectivity index (χ4v) is 6.93. The van der Waals surface area contributed by atoms with Crippen LogP contribution in [0.25, 0.3) is 10.8 Å². The molecule has 2 fully saturated rings. The lowest BCUT2D eigenvalue weighted by Crippen LogP contribution is -2.60. The highest BCUT2D eigenvalue weighted by Crippen LogP contribution is 2.51. The number of carbonyl (C=O) groups excluding carboxylic acids is 3. The predicted molar refractivity (Wildman–Crippen MR) is 168 cm³/mol. The van der Waals surface area contributed by atoms with Gasteiger partial charge in [0.25, 0.3) is 0 Å². The maximum absolute atomic E-state index is 14.5. The molecule has 236 valence electrons. The first-order chi connectivity index (χ1) is 21.9. The molecule has 3 aromatic carbocycles. The van der Waals surface area contributed by atoms with Crippen molar-refractivity contribution in [3.8, 4) is 0 Å². The van der Waals surface area contributed by atoms with Gasteiger partial charge in [0.05, 0.1) is 46.2 Å². The minimum Gasteiger partial charge on any atom is -0.468 e. The SMILES string of the molecule is COC(=O)[C@]12C[C@H](CC(=O)N3CCOCC3)C(=O)N(Cc3cccc4ccccc34)C1=C[C@H](COCc1ccccc1)O[C@@H]2C. The highest BCUT2D eigenvalue weighted by Gasteiger charge is 2.59. The topological polar surface area (TPSA) is 94.6 Å². The van der Waals surface area contributed by atoms with E-state index in [0.29, 0.717) is 38.6 Å². The first-order valence-electron chi connectivity index (χ1n) is 15.6. The molecule has 3 aromatic rings. The second kappa shape index (κ2) is 13.5. The lowest BCUT2D eigenvalue weighted by atomic mass is 9.66. The Labute approximate surface area is 263 Å². The van der Waals surface area contributed by atoms with Gasteiger partial charge in [-0.2, -0.15) is 0 Å². The average molecular weight is 613 g/mol. The van der Waals surface area contributed by atoms with Gasteiger partial charge in [-0.3, -0.25) is 14.4 Å². The summed E-state index contributed by atoms with van der Waals surface area (Å²) in [5.41, 5.74) is 1.25. The van der Waals surface area contributed by atoms with Gasteiger partial charge in [0.15, 0.2) is 0 Å². The Kier molecular flexibility index (Phi) is 9.30. The van der Waals surface area contributed by atoms with Crippen molar-refractivity contribution < 1.29 is 33.3 Å². The van der Waals surface area contributed by atoms with Gasteiger partial charge < -0.3 is 28.7 Å². The van der Waals surface area contributed by atoms with Crippen LogP contribution in [0.3, 0.4) is 0 Å². The maximum Gasteiger partial charge on any atom is 0.320 e. The molecule has 4 atom stereocenters. The number of esters is 1. The molecular formula is C36H40N2O7. The largest absolute Gasteiger partial charge is 0.468 e. The molecule has 6 rings (SSSR count). The molecule has 0 bridgehead atoms. The van der Waals surface area contributed by atoms with Crippen LogP contribution in [0.1, 0.15) is 30.9 Å². The Bertz CT molecular complexity index is 1560. The van der Waals surface area contributed by atoms with E-state index in [4.69, 9.17) is 18.9 Å². The van der Waals surface area contributed by atoms with Crippen LogP contribution in [-0.2, 0) is 46.5 Å². The summed E-state index contributed by atoms with van der Waals surface area (Å²) in [6, 6.07) is 23.9. The summed E-state index contributed by atoms with van der Waals surface area (Å²) >= 11 is 0. The third-order valence-electron chi connectivity index (χ3n) is 9.28. The molecule has 3 aliphatic heterocycles. The maximum atomic E-state index is 14.5. The Morgan fingerprint density at radius 1 is 0.978 bits per heavy atom. The van der Waals surface area contributed by atoms with Gasteiger partial charge in [0.1, 0.15) is 11.5 Å². The van der Waals surface area contributed by atoms with Crippen LogP contribution in [0.5, 0.6) is 0 Å². The van der Waals surface area contributed by atoms with Crippen molar-refractivity contribution in [2.45, 2.75) is 45.1 Å². The van der Waals surface area contributed by atoms with Crippen molar-refractivity contribution in [2.24, 2.45) is 11.3 Å². The van der Waals surface area contributed by atoms with E-state index in [-0.39, 0.29) is 37.8 Å². The van der Waals surface area contributed by atoms with Gasteiger partial charge in [0, 0.05) is 31.1 Å². The molecule has 0 N–H and O–H groups in total. The van der Waals surface area contributed by atoms with Crippen LogP contribution in [0.15, 0.2) is 84.6 Å². The molecule has 9 heteroatoms. The summed E-state index contributed by atoms with van der Waals surface area (Å²) in [6.45, 7) is 4.64. The van der Waals surface area contributed by atoms with Crippen LogP contribution in [0.4, 0.5) is 0 Å². The van der Waals surface area contributed by atoms with Crippen molar-refractivity contribution in [1.82, 2.24) is 9.80 Å². The van der Waals surface area contributed by atoms with Crippen molar-refractivity contribution in [3.05, 3.63) is 95.7 Å². The van der Waals surface area contributed by atoms with Crippen molar-refractivity contribution in [3.63, 3.8) is 0 Å². The summed E-state index contributed by atoms with van der Waals surface area (Å²) < 4.78 is 23.3. The molecule has 3 aliphatic rings. The highest BCUT2D eigenvalue weighted by molar-refractivity contribution is 5.93. The van der Waals surface area contributed by atoms with Crippen LogP contribution in [0, 0.1) is 11.3 Å². The number of hydrogen-bond donors (Lipinski definition) is 0. The normalized spacial score (nSPS) is 25.1. The Hall–Kier alpha value is -4.05. The summed E-state index contributed by atoms with van der Waals surface area (Å²) in [5, 5.41) is 2.07. The van der Waals surface area contributed by atoms with Gasteiger partial charge in [-0.15, -0.1) is 0 Å². The molecule has 0 aromatic heterocycles. The van der Waals surface area contributed by atoms with Crippen LogP contribution in [0.2, 0.25) is 0 Å². The third kappa shape index (κ3) is 6.25. The van der Waals surface area contributed by atoms with Gasteiger partial charge in [-0.1, -0.05) is 72.8 Å². The van der Waals surface area contributed by atoms with Crippen molar-refractivity contribution in [1.29, 1.82) is 0 Å². The summed E-state index contributed by atoms with van der Waals surface area (Å²) in [7, 11) is 1.36. The van der Waals surface area contributed by atoms with E-state index in [2.05, 4.69) is 0 Å². The van der Waals surface area contributed by atoms with Crippen LogP contribution < -0.4 is 0 Å². The number of likely N-dealkylation sites (tertiary alicyclic amines) is 1. The summed E-state index contributed by atoms with van der Waals surface area (Å²) in [5.74, 6) is -1.52. The van der Waals surface area contributed by atoms with Gasteiger partial charge >= 0.3 is 5.97 Å². The van der Waals surface area contributed by atoms with E-state index in [1.165, 1.54) is 7.11 Å². The van der Waals surface area contributed by atoms with Crippen LogP contribution in [-0.4, -0.2) is 79.8 Å². The molecule has 0 radical (unpaired) electrons. The quantitative estimate of drug-likeness (QED) is 0.329. The standard InChI is InChI=1S/C36H40N2O7/c1-25-36(35(41)42-2)21-29(19-33(39)37-15-17-43-18-16-37)34(40)38(22-28-13-8-12-27-11-6-7-14-31(27)28)32(36)20-30(45-25)24-44-23-26-9-4-3-5-10-26/h3-14,20,25,29-30H,15-19,21-24H2,1-2H3/t25-,29+,30-,36+/m1/s1. The number of morpholine rings is 1. The smallest absolute Gasteiger partial charge is 0.320 e. The number of ether oxygens (including phenoxy) is 4. The molecular weight excluding hydrogens is 572 g/mol. The highest BCUT2D eigenvalue weighted by atomic mass is 16.6. The van der Waals surface area contributed by atoms with E-state index >= 15 is 0 Å². The first kappa shape index (κ1) is 31.0.